The van der Waals surface area contributed by atoms with Crippen LogP contribution >= 0.6 is 11.6 Å². The topological polar surface area (TPSA) is 35.2 Å². The van der Waals surface area contributed by atoms with Gasteiger partial charge in [0.25, 0.3) is 0 Å². The molecule has 2 atom stereocenters. The van der Waals surface area contributed by atoms with Crippen LogP contribution in [0.2, 0.25) is 5.02 Å². The number of nitrogens with two attached hydrogens (primary N) is 1. The third-order valence-corrected chi connectivity index (χ3v) is 3.53. The Morgan fingerprint density at radius 1 is 1.21 bits per heavy atom. The van der Waals surface area contributed by atoms with E-state index in [-0.39, 0.29) is 18.0 Å². The number of ether oxygens (including phenoxy) is 1. The van der Waals surface area contributed by atoms with E-state index in [1.807, 2.05) is 24.3 Å². The van der Waals surface area contributed by atoms with Crippen molar-refractivity contribution in [1.29, 1.82) is 0 Å². The van der Waals surface area contributed by atoms with Gasteiger partial charge in [-0.3, -0.25) is 0 Å². The first kappa shape index (κ1) is 12.5. The Balaban J connectivity index is 1.96. The Morgan fingerprint density at radius 3 is 2.79 bits per heavy atom. The van der Waals surface area contributed by atoms with Gasteiger partial charge in [-0.25, -0.2) is 4.39 Å². The molecule has 98 valence electrons. The van der Waals surface area contributed by atoms with Crippen molar-refractivity contribution in [1.82, 2.24) is 0 Å². The zero-order valence-corrected chi connectivity index (χ0v) is 10.9. The smallest absolute Gasteiger partial charge is 0.126 e. The fourth-order valence-corrected chi connectivity index (χ4v) is 2.65. The third kappa shape index (κ3) is 2.44. The maximum Gasteiger partial charge on any atom is 0.126 e. The zero-order valence-electron chi connectivity index (χ0n) is 10.1. The number of hydrogen-bond acceptors (Lipinski definition) is 2. The third-order valence-electron chi connectivity index (χ3n) is 3.31. The van der Waals surface area contributed by atoms with Crippen LogP contribution in [0.1, 0.15) is 29.7 Å². The lowest BCUT2D eigenvalue weighted by atomic mass is 9.93. The molecule has 0 spiro atoms. The number of rotatable bonds is 1. The number of para-hydroxylation sites is 1. The van der Waals surface area contributed by atoms with E-state index >= 15 is 0 Å². The van der Waals surface area contributed by atoms with Crippen LogP contribution in [0.5, 0.6) is 5.75 Å². The van der Waals surface area contributed by atoms with Crippen molar-refractivity contribution in [2.75, 3.05) is 0 Å². The molecule has 2 aromatic carbocycles. The van der Waals surface area contributed by atoms with Gasteiger partial charge in [-0.15, -0.1) is 0 Å². The van der Waals surface area contributed by atoms with Crippen LogP contribution in [-0.2, 0) is 0 Å². The quantitative estimate of drug-likeness (QED) is 0.855. The summed E-state index contributed by atoms with van der Waals surface area (Å²) in [4.78, 5) is 0. The second-order valence-corrected chi connectivity index (χ2v) is 5.13. The van der Waals surface area contributed by atoms with E-state index in [2.05, 4.69) is 0 Å². The highest BCUT2D eigenvalue weighted by Crippen LogP contribution is 2.39. The van der Waals surface area contributed by atoms with E-state index in [0.29, 0.717) is 11.4 Å². The van der Waals surface area contributed by atoms with Gasteiger partial charge in [-0.2, -0.15) is 0 Å². The maximum atomic E-state index is 13.4. The molecule has 2 aromatic rings. The molecule has 3 rings (SSSR count). The lowest BCUT2D eigenvalue weighted by molar-refractivity contribution is 0.161. The summed E-state index contributed by atoms with van der Waals surface area (Å²) in [5.74, 6) is 0.394. The standard InChI is InChI=1S/C15H13ClFNO/c16-10-5-9(6-11(17)7-10)15-8-13(18)12-3-1-2-4-14(12)19-15/h1-7,13,15H,8,18H2/t13-,15?/m0/s1. The second kappa shape index (κ2) is 4.83. The fraction of sp³-hybridized carbons (Fsp3) is 0.200. The number of halogens is 2. The predicted molar refractivity (Wildman–Crippen MR) is 72.8 cm³/mol. The van der Waals surface area contributed by atoms with Gasteiger partial charge in [-0.1, -0.05) is 29.8 Å². The Labute approximate surface area is 115 Å². The van der Waals surface area contributed by atoms with E-state index < -0.39 is 0 Å². The van der Waals surface area contributed by atoms with Gasteiger partial charge in [0.05, 0.1) is 0 Å². The zero-order chi connectivity index (χ0) is 13.4. The molecular weight excluding hydrogens is 265 g/mol. The molecule has 1 aliphatic heterocycles. The Morgan fingerprint density at radius 2 is 2.00 bits per heavy atom. The second-order valence-electron chi connectivity index (χ2n) is 4.69. The van der Waals surface area contributed by atoms with Crippen LogP contribution in [0.4, 0.5) is 4.39 Å². The molecule has 0 aliphatic carbocycles. The minimum atomic E-state index is -0.362. The first-order chi connectivity index (χ1) is 9.13. The molecule has 0 saturated heterocycles. The normalized spacial score (nSPS) is 21.6. The molecule has 19 heavy (non-hydrogen) atoms. The lowest BCUT2D eigenvalue weighted by Crippen LogP contribution is -2.24. The lowest BCUT2D eigenvalue weighted by Gasteiger charge is -2.30. The van der Waals surface area contributed by atoms with Gasteiger partial charge in [0, 0.05) is 23.0 Å². The van der Waals surface area contributed by atoms with Crippen LogP contribution in [0.25, 0.3) is 0 Å². The van der Waals surface area contributed by atoms with E-state index in [0.717, 1.165) is 16.9 Å². The van der Waals surface area contributed by atoms with Gasteiger partial charge in [0.2, 0.25) is 0 Å². The van der Waals surface area contributed by atoms with Crippen LogP contribution in [-0.4, -0.2) is 0 Å². The summed E-state index contributed by atoms with van der Waals surface area (Å²) in [7, 11) is 0. The predicted octanol–water partition coefficient (Wildman–Crippen LogP) is 4.00. The number of hydrogen-bond donors (Lipinski definition) is 1. The molecule has 0 bridgehead atoms. The first-order valence-electron chi connectivity index (χ1n) is 6.10. The van der Waals surface area contributed by atoms with Crippen LogP contribution < -0.4 is 10.5 Å². The van der Waals surface area contributed by atoms with E-state index in [1.165, 1.54) is 12.1 Å². The van der Waals surface area contributed by atoms with E-state index in [1.54, 1.807) is 6.07 Å². The Kier molecular flexibility index (Phi) is 3.17. The van der Waals surface area contributed by atoms with E-state index in [4.69, 9.17) is 22.1 Å². The summed E-state index contributed by atoms with van der Waals surface area (Å²) < 4.78 is 19.3. The highest BCUT2D eigenvalue weighted by atomic mass is 35.5. The van der Waals surface area contributed by atoms with Crippen LogP contribution in [0, 0.1) is 5.82 Å². The largest absolute Gasteiger partial charge is 0.485 e. The molecule has 2 N–H and O–H groups in total. The highest BCUT2D eigenvalue weighted by Gasteiger charge is 2.27. The molecule has 1 heterocycles. The molecular formula is C15H13ClFNO. The van der Waals surface area contributed by atoms with Crippen molar-refractivity contribution < 1.29 is 9.13 Å². The monoisotopic (exact) mass is 277 g/mol. The minimum absolute atomic E-state index is 0.114. The van der Waals surface area contributed by atoms with Crippen molar-refractivity contribution >= 4 is 11.6 Å². The summed E-state index contributed by atoms with van der Waals surface area (Å²) in [6.45, 7) is 0. The van der Waals surface area contributed by atoms with Crippen LogP contribution in [0.15, 0.2) is 42.5 Å². The molecule has 1 aliphatic rings. The van der Waals surface area contributed by atoms with Crippen molar-refractivity contribution in [3.63, 3.8) is 0 Å². The molecule has 0 radical (unpaired) electrons. The minimum Gasteiger partial charge on any atom is -0.485 e. The molecule has 1 unspecified atom stereocenters. The van der Waals surface area contributed by atoms with Crippen molar-refractivity contribution in [3.05, 3.63) is 64.4 Å². The average molecular weight is 278 g/mol. The van der Waals surface area contributed by atoms with Gasteiger partial charge < -0.3 is 10.5 Å². The highest BCUT2D eigenvalue weighted by molar-refractivity contribution is 6.30. The van der Waals surface area contributed by atoms with Crippen molar-refractivity contribution in [2.45, 2.75) is 18.6 Å². The first-order valence-corrected chi connectivity index (χ1v) is 6.48. The molecule has 2 nitrogen and oxygen atoms in total. The van der Waals surface area contributed by atoms with Crippen molar-refractivity contribution in [2.24, 2.45) is 5.73 Å². The molecule has 0 amide bonds. The molecule has 0 aromatic heterocycles. The number of benzene rings is 2. The SMILES string of the molecule is N[C@H]1CC(c2cc(F)cc(Cl)c2)Oc2ccccc21. The van der Waals surface area contributed by atoms with Gasteiger partial charge in [0.1, 0.15) is 17.7 Å². The fourth-order valence-electron chi connectivity index (χ4n) is 2.42. The van der Waals surface area contributed by atoms with E-state index in [9.17, 15) is 4.39 Å². The summed E-state index contributed by atoms with van der Waals surface area (Å²) >= 11 is 5.88. The Hall–Kier alpha value is -1.58. The summed E-state index contributed by atoms with van der Waals surface area (Å²) in [6.07, 6.45) is 0.342. The number of fused-ring (bicyclic) bond motifs is 1. The van der Waals surface area contributed by atoms with Gasteiger partial charge in [0.15, 0.2) is 0 Å². The summed E-state index contributed by atoms with van der Waals surface area (Å²) in [6, 6.07) is 12.0. The average Bonchev–Trinajstić information content (AvgIpc) is 2.37. The van der Waals surface area contributed by atoms with Gasteiger partial charge in [-0.05, 0) is 29.8 Å². The summed E-state index contributed by atoms with van der Waals surface area (Å²) in [5, 5.41) is 0.367. The van der Waals surface area contributed by atoms with Crippen LogP contribution in [0.3, 0.4) is 0 Å². The molecule has 0 fully saturated rings. The molecule has 4 heteroatoms. The summed E-state index contributed by atoms with van der Waals surface area (Å²) in [5.41, 5.74) is 7.85. The maximum absolute atomic E-state index is 13.4. The Bertz CT molecular complexity index is 597. The molecule has 0 saturated carbocycles. The van der Waals surface area contributed by atoms with Crippen molar-refractivity contribution in [3.8, 4) is 5.75 Å². The van der Waals surface area contributed by atoms with Gasteiger partial charge >= 0.3 is 0 Å².